The van der Waals surface area contributed by atoms with Crippen molar-refractivity contribution in [2.24, 2.45) is 5.84 Å². The smallest absolute Gasteiger partial charge is 0.148 e. The molecule has 1 aromatic rings. The standard InChI is InChI=1S/C12H24N6/c1-5-10-11(16-13)14-9-15-12(10)18(4)8-6-7-17(2)3/h9H,5-8,13H2,1-4H3,(H,14,15,16). The van der Waals surface area contributed by atoms with Crippen LogP contribution in [0.1, 0.15) is 18.9 Å². The van der Waals surface area contributed by atoms with Crippen molar-refractivity contribution in [1.29, 1.82) is 0 Å². The number of nitrogens with two attached hydrogens (primary N) is 1. The molecule has 18 heavy (non-hydrogen) atoms. The fourth-order valence-electron chi connectivity index (χ4n) is 1.91. The van der Waals surface area contributed by atoms with Crippen LogP contribution < -0.4 is 16.2 Å². The number of nitrogen functional groups attached to an aromatic ring is 1. The molecule has 0 saturated carbocycles. The summed E-state index contributed by atoms with van der Waals surface area (Å²) in [7, 11) is 6.22. The van der Waals surface area contributed by atoms with E-state index in [1.54, 1.807) is 6.33 Å². The Kier molecular flexibility index (Phi) is 5.80. The molecule has 0 radical (unpaired) electrons. The van der Waals surface area contributed by atoms with Gasteiger partial charge in [0, 0.05) is 19.2 Å². The van der Waals surface area contributed by atoms with E-state index in [1.807, 2.05) is 0 Å². The summed E-state index contributed by atoms with van der Waals surface area (Å²) in [4.78, 5) is 12.8. The molecule has 0 amide bonds. The normalized spacial score (nSPS) is 10.8. The Morgan fingerprint density at radius 3 is 2.50 bits per heavy atom. The minimum absolute atomic E-state index is 0.710. The van der Waals surface area contributed by atoms with Gasteiger partial charge >= 0.3 is 0 Å². The first-order chi connectivity index (χ1) is 8.60. The number of hydrogen-bond acceptors (Lipinski definition) is 6. The van der Waals surface area contributed by atoms with Crippen LogP contribution >= 0.6 is 0 Å². The van der Waals surface area contributed by atoms with Crippen LogP contribution in [0, 0.1) is 0 Å². The average Bonchev–Trinajstić information content (AvgIpc) is 2.36. The van der Waals surface area contributed by atoms with Crippen molar-refractivity contribution in [3.63, 3.8) is 0 Å². The molecule has 102 valence electrons. The maximum Gasteiger partial charge on any atom is 0.148 e. The topological polar surface area (TPSA) is 70.3 Å². The van der Waals surface area contributed by atoms with E-state index in [0.717, 1.165) is 37.3 Å². The molecule has 3 N–H and O–H groups in total. The largest absolute Gasteiger partial charge is 0.359 e. The van der Waals surface area contributed by atoms with Gasteiger partial charge in [-0.1, -0.05) is 6.92 Å². The highest BCUT2D eigenvalue weighted by Crippen LogP contribution is 2.22. The first-order valence-corrected chi connectivity index (χ1v) is 6.26. The van der Waals surface area contributed by atoms with E-state index in [1.165, 1.54) is 0 Å². The van der Waals surface area contributed by atoms with Crippen molar-refractivity contribution in [3.8, 4) is 0 Å². The fourth-order valence-corrected chi connectivity index (χ4v) is 1.91. The molecule has 0 aliphatic rings. The Hall–Kier alpha value is -1.40. The van der Waals surface area contributed by atoms with Crippen LogP contribution in [0.4, 0.5) is 11.6 Å². The molecule has 0 aromatic carbocycles. The zero-order valence-corrected chi connectivity index (χ0v) is 11.8. The molecule has 6 nitrogen and oxygen atoms in total. The minimum atomic E-state index is 0.710. The SMILES string of the molecule is CCc1c(NN)ncnc1N(C)CCCN(C)C. The first-order valence-electron chi connectivity index (χ1n) is 6.26. The molecule has 0 unspecified atom stereocenters. The Bertz CT molecular complexity index is 366. The summed E-state index contributed by atoms with van der Waals surface area (Å²) in [6.45, 7) is 4.11. The van der Waals surface area contributed by atoms with Gasteiger partial charge in [-0.25, -0.2) is 15.8 Å². The Balaban J connectivity index is 2.75. The quantitative estimate of drug-likeness (QED) is 0.550. The second kappa shape index (κ2) is 7.13. The van der Waals surface area contributed by atoms with Crippen molar-refractivity contribution in [3.05, 3.63) is 11.9 Å². The number of nitrogens with zero attached hydrogens (tertiary/aromatic N) is 4. The third-order valence-electron chi connectivity index (χ3n) is 2.87. The zero-order valence-electron chi connectivity index (χ0n) is 11.8. The molecule has 0 saturated heterocycles. The van der Waals surface area contributed by atoms with Crippen LogP contribution in [0.2, 0.25) is 0 Å². The van der Waals surface area contributed by atoms with Crippen LogP contribution in [0.25, 0.3) is 0 Å². The molecule has 1 rings (SSSR count). The lowest BCUT2D eigenvalue weighted by molar-refractivity contribution is 0.401. The molecule has 0 aliphatic heterocycles. The van der Waals surface area contributed by atoms with Gasteiger partial charge in [-0.05, 0) is 33.5 Å². The van der Waals surface area contributed by atoms with E-state index in [4.69, 9.17) is 5.84 Å². The lowest BCUT2D eigenvalue weighted by Gasteiger charge is -2.22. The summed E-state index contributed by atoms with van der Waals surface area (Å²) < 4.78 is 0. The van der Waals surface area contributed by atoms with Gasteiger partial charge in [0.2, 0.25) is 0 Å². The highest BCUT2D eigenvalue weighted by molar-refractivity contribution is 5.57. The summed E-state index contributed by atoms with van der Waals surface area (Å²) >= 11 is 0. The minimum Gasteiger partial charge on any atom is -0.359 e. The van der Waals surface area contributed by atoms with E-state index >= 15 is 0 Å². The van der Waals surface area contributed by atoms with Crippen LogP contribution in [0.15, 0.2) is 6.33 Å². The van der Waals surface area contributed by atoms with E-state index in [9.17, 15) is 0 Å². The molecule has 0 bridgehead atoms. The van der Waals surface area contributed by atoms with Gasteiger partial charge in [0.1, 0.15) is 18.0 Å². The van der Waals surface area contributed by atoms with Gasteiger partial charge in [0.15, 0.2) is 0 Å². The lowest BCUT2D eigenvalue weighted by Crippen LogP contribution is -2.26. The maximum atomic E-state index is 5.47. The van der Waals surface area contributed by atoms with Crippen LogP contribution in [-0.2, 0) is 6.42 Å². The predicted molar refractivity (Wildman–Crippen MR) is 75.7 cm³/mol. The number of nitrogens with one attached hydrogen (secondary N) is 1. The van der Waals surface area contributed by atoms with Crippen molar-refractivity contribution in [2.45, 2.75) is 19.8 Å². The number of anilines is 2. The third kappa shape index (κ3) is 3.82. The van der Waals surface area contributed by atoms with Gasteiger partial charge in [-0.3, -0.25) is 0 Å². The Morgan fingerprint density at radius 2 is 1.94 bits per heavy atom. The molecule has 0 atom stereocenters. The highest BCUT2D eigenvalue weighted by Gasteiger charge is 2.12. The molecule has 1 heterocycles. The molecule has 0 fully saturated rings. The molecular weight excluding hydrogens is 228 g/mol. The molecule has 0 spiro atoms. The van der Waals surface area contributed by atoms with E-state index in [2.05, 4.69) is 53.3 Å². The number of aromatic nitrogens is 2. The van der Waals surface area contributed by atoms with Crippen molar-refractivity contribution in [1.82, 2.24) is 14.9 Å². The van der Waals surface area contributed by atoms with Crippen LogP contribution in [0.3, 0.4) is 0 Å². The van der Waals surface area contributed by atoms with Crippen molar-refractivity contribution in [2.75, 3.05) is 44.6 Å². The van der Waals surface area contributed by atoms with Gasteiger partial charge in [-0.2, -0.15) is 0 Å². The van der Waals surface area contributed by atoms with Gasteiger partial charge < -0.3 is 15.2 Å². The Morgan fingerprint density at radius 1 is 1.22 bits per heavy atom. The Labute approximate surface area is 109 Å². The van der Waals surface area contributed by atoms with E-state index < -0.39 is 0 Å². The summed E-state index contributed by atoms with van der Waals surface area (Å²) in [6, 6.07) is 0. The zero-order chi connectivity index (χ0) is 13.5. The van der Waals surface area contributed by atoms with Crippen LogP contribution in [0.5, 0.6) is 0 Å². The summed E-state index contributed by atoms with van der Waals surface area (Å²) in [6.07, 6.45) is 3.50. The molecule has 0 aliphatic carbocycles. The van der Waals surface area contributed by atoms with Crippen molar-refractivity contribution >= 4 is 11.6 Å². The fraction of sp³-hybridized carbons (Fsp3) is 0.667. The lowest BCUT2D eigenvalue weighted by atomic mass is 10.2. The van der Waals surface area contributed by atoms with Gasteiger partial charge in [0.05, 0.1) is 0 Å². The number of hydrazine groups is 1. The van der Waals surface area contributed by atoms with E-state index in [-0.39, 0.29) is 0 Å². The maximum absolute atomic E-state index is 5.47. The summed E-state index contributed by atoms with van der Waals surface area (Å²) in [5, 5.41) is 0. The monoisotopic (exact) mass is 252 g/mol. The first kappa shape index (κ1) is 14.7. The number of rotatable bonds is 7. The summed E-state index contributed by atoms with van der Waals surface area (Å²) in [5.74, 6) is 7.14. The predicted octanol–water partition coefficient (Wildman–Crippen LogP) is 0.713. The van der Waals surface area contributed by atoms with E-state index in [0.29, 0.717) is 5.82 Å². The third-order valence-corrected chi connectivity index (χ3v) is 2.87. The second-order valence-corrected chi connectivity index (χ2v) is 4.60. The summed E-state index contributed by atoms with van der Waals surface area (Å²) in [5.41, 5.74) is 3.69. The van der Waals surface area contributed by atoms with Crippen LogP contribution in [-0.4, -0.2) is 49.1 Å². The highest BCUT2D eigenvalue weighted by atomic mass is 15.3. The molecular formula is C12H24N6. The van der Waals surface area contributed by atoms with Gasteiger partial charge in [-0.15, -0.1) is 0 Å². The van der Waals surface area contributed by atoms with Gasteiger partial charge in [0.25, 0.3) is 0 Å². The molecule has 1 aromatic heterocycles. The van der Waals surface area contributed by atoms with Crippen molar-refractivity contribution < 1.29 is 0 Å². The second-order valence-electron chi connectivity index (χ2n) is 4.60. The average molecular weight is 252 g/mol. The molecule has 6 heteroatoms. The number of hydrogen-bond donors (Lipinski definition) is 2.